The van der Waals surface area contributed by atoms with Crippen molar-refractivity contribution in [3.8, 4) is 5.82 Å². The minimum Gasteiger partial charge on any atom is -0.394 e. The summed E-state index contributed by atoms with van der Waals surface area (Å²) in [5.74, 6) is 2.10. The second-order valence-electron chi connectivity index (χ2n) is 8.53. The first-order valence-electron chi connectivity index (χ1n) is 9.32. The van der Waals surface area contributed by atoms with Crippen LogP contribution in [0, 0.1) is 5.92 Å². The van der Waals surface area contributed by atoms with Crippen molar-refractivity contribution in [2.75, 3.05) is 6.61 Å². The molecule has 0 unspecified atom stereocenters. The van der Waals surface area contributed by atoms with Crippen LogP contribution in [0.25, 0.3) is 5.82 Å². The number of carbonyl (C=O) groups is 1. The second kappa shape index (κ2) is 5.91. The van der Waals surface area contributed by atoms with Crippen LogP contribution < -0.4 is 5.32 Å². The first-order valence-corrected chi connectivity index (χ1v) is 9.32. The van der Waals surface area contributed by atoms with Crippen molar-refractivity contribution in [2.45, 2.75) is 57.9 Å². The Labute approximate surface area is 153 Å². The zero-order chi connectivity index (χ0) is 18.6. The molecule has 4 rings (SSSR count). The average molecular weight is 354 g/mol. The predicted octanol–water partition coefficient (Wildman–Crippen LogP) is 2.55. The number of hydrogen-bond donors (Lipinski definition) is 2. The van der Waals surface area contributed by atoms with E-state index in [0.29, 0.717) is 23.4 Å². The molecule has 0 bridgehead atoms. The summed E-state index contributed by atoms with van der Waals surface area (Å²) in [5, 5.41) is 17.0. The van der Waals surface area contributed by atoms with E-state index in [-0.39, 0.29) is 12.5 Å². The summed E-state index contributed by atoms with van der Waals surface area (Å²) in [6.45, 7) is 7.76. The molecule has 0 radical (unpaired) electrons. The molecule has 138 valence electrons. The van der Waals surface area contributed by atoms with Crippen molar-refractivity contribution in [1.29, 1.82) is 0 Å². The van der Waals surface area contributed by atoms with E-state index in [1.165, 1.54) is 12.0 Å². The average Bonchev–Trinajstić information content (AvgIpc) is 3.10. The molecule has 1 saturated carbocycles. The van der Waals surface area contributed by atoms with E-state index in [2.05, 4.69) is 35.3 Å². The Morgan fingerprint density at radius 1 is 1.42 bits per heavy atom. The van der Waals surface area contributed by atoms with E-state index < -0.39 is 5.54 Å². The lowest BCUT2D eigenvalue weighted by Gasteiger charge is -2.23. The Morgan fingerprint density at radius 3 is 2.81 bits per heavy atom. The number of carbonyl (C=O) groups excluding carboxylic acids is 1. The fraction of sp³-hybridized carbons (Fsp3) is 0.550. The summed E-state index contributed by atoms with van der Waals surface area (Å²) in [5.41, 5.74) is 3.18. The number of pyridine rings is 1. The maximum atomic E-state index is 12.8. The summed E-state index contributed by atoms with van der Waals surface area (Å²) in [6.07, 6.45) is 3.97. The minimum atomic E-state index is -0.674. The van der Waals surface area contributed by atoms with Gasteiger partial charge in [0.05, 0.1) is 17.8 Å². The van der Waals surface area contributed by atoms with Gasteiger partial charge >= 0.3 is 0 Å². The fourth-order valence-electron chi connectivity index (χ4n) is 3.74. The highest BCUT2D eigenvalue weighted by molar-refractivity contribution is 5.95. The first-order chi connectivity index (χ1) is 12.3. The smallest absolute Gasteiger partial charge is 0.272 e. The quantitative estimate of drug-likeness (QED) is 0.865. The molecule has 0 aliphatic heterocycles. The summed E-state index contributed by atoms with van der Waals surface area (Å²) in [7, 11) is 0. The molecule has 0 saturated heterocycles. The maximum absolute atomic E-state index is 12.8. The van der Waals surface area contributed by atoms with Gasteiger partial charge in [-0.15, -0.1) is 0 Å². The van der Waals surface area contributed by atoms with E-state index in [0.717, 1.165) is 23.5 Å². The van der Waals surface area contributed by atoms with Crippen LogP contribution in [0.4, 0.5) is 0 Å². The number of rotatable bonds is 5. The maximum Gasteiger partial charge on any atom is 0.272 e. The molecule has 1 amide bonds. The Hall–Kier alpha value is -2.21. The molecule has 0 spiro atoms. The fourth-order valence-corrected chi connectivity index (χ4v) is 3.74. The van der Waals surface area contributed by atoms with Crippen LogP contribution in [0.15, 0.2) is 18.3 Å². The van der Waals surface area contributed by atoms with E-state index >= 15 is 0 Å². The van der Waals surface area contributed by atoms with E-state index in [4.69, 9.17) is 0 Å². The molecule has 6 heteroatoms. The molecule has 2 aromatic heterocycles. The molecule has 26 heavy (non-hydrogen) atoms. The molecule has 2 aliphatic rings. The van der Waals surface area contributed by atoms with Gasteiger partial charge in [0, 0.05) is 17.7 Å². The number of aliphatic hydroxyl groups excluding tert-OH is 1. The van der Waals surface area contributed by atoms with Gasteiger partial charge in [0.25, 0.3) is 5.91 Å². The lowest BCUT2D eigenvalue weighted by molar-refractivity contribution is 0.0863. The van der Waals surface area contributed by atoms with Crippen molar-refractivity contribution < 1.29 is 9.90 Å². The minimum absolute atomic E-state index is 0.120. The Kier molecular flexibility index (Phi) is 3.91. The Bertz CT molecular complexity index is 851. The van der Waals surface area contributed by atoms with Crippen molar-refractivity contribution in [1.82, 2.24) is 20.1 Å². The van der Waals surface area contributed by atoms with Crippen molar-refractivity contribution in [2.24, 2.45) is 5.92 Å². The first kappa shape index (κ1) is 17.2. The standard InChI is InChI=1S/C20H26N4O2/c1-11(2)12-5-6-16(21-9-12)24-18-14-7-13(14)8-15(18)17(23-24)19(26)22-20(3,4)10-25/h5-6,9,11,13-14,25H,7-8,10H2,1-4H3,(H,22,26)/t13-,14-/m1/s1. The number of fused-ring (bicyclic) bond motifs is 3. The summed E-state index contributed by atoms with van der Waals surface area (Å²) >= 11 is 0. The van der Waals surface area contributed by atoms with Gasteiger partial charge < -0.3 is 10.4 Å². The number of amides is 1. The molecular weight excluding hydrogens is 328 g/mol. The number of aliphatic hydroxyl groups is 1. The largest absolute Gasteiger partial charge is 0.394 e. The van der Waals surface area contributed by atoms with Gasteiger partial charge in [0.15, 0.2) is 11.5 Å². The molecule has 2 aromatic rings. The zero-order valence-electron chi connectivity index (χ0n) is 15.8. The molecule has 2 heterocycles. The van der Waals surface area contributed by atoms with Gasteiger partial charge in [-0.2, -0.15) is 5.10 Å². The Morgan fingerprint density at radius 2 is 2.19 bits per heavy atom. The number of aromatic nitrogens is 3. The van der Waals surface area contributed by atoms with Gasteiger partial charge in [-0.3, -0.25) is 4.79 Å². The molecule has 6 nitrogen and oxygen atoms in total. The third kappa shape index (κ3) is 2.82. The number of nitrogens with one attached hydrogen (secondary N) is 1. The number of nitrogens with zero attached hydrogens (tertiary/aromatic N) is 3. The molecule has 2 aliphatic carbocycles. The lowest BCUT2D eigenvalue weighted by atomic mass is 10.1. The van der Waals surface area contributed by atoms with E-state index in [1.54, 1.807) is 13.8 Å². The SMILES string of the molecule is CC(C)c1ccc(-n2nc(C(=O)NC(C)(C)CO)c3c2[C@@H]2C[C@@H]2C3)nc1. The summed E-state index contributed by atoms with van der Waals surface area (Å²) < 4.78 is 1.86. The topological polar surface area (TPSA) is 80.0 Å². The molecule has 1 fully saturated rings. The third-order valence-corrected chi connectivity index (χ3v) is 5.48. The Balaban J connectivity index is 1.72. The van der Waals surface area contributed by atoms with Gasteiger partial charge in [-0.05, 0) is 50.2 Å². The molecule has 0 aromatic carbocycles. The summed E-state index contributed by atoms with van der Waals surface area (Å²) in [4.78, 5) is 17.4. The highest BCUT2D eigenvalue weighted by Gasteiger charge is 2.50. The van der Waals surface area contributed by atoms with Crippen LogP contribution in [-0.4, -0.2) is 37.9 Å². The molecular formula is C20H26N4O2. The van der Waals surface area contributed by atoms with E-state index in [1.807, 2.05) is 16.9 Å². The van der Waals surface area contributed by atoms with Crippen molar-refractivity contribution >= 4 is 5.91 Å². The lowest BCUT2D eigenvalue weighted by Crippen LogP contribution is -2.46. The van der Waals surface area contributed by atoms with Gasteiger partial charge in [0.1, 0.15) is 0 Å². The normalized spacial score (nSPS) is 20.8. The van der Waals surface area contributed by atoms with Crippen LogP contribution >= 0.6 is 0 Å². The third-order valence-electron chi connectivity index (χ3n) is 5.48. The summed E-state index contributed by atoms with van der Waals surface area (Å²) in [6, 6.07) is 4.06. The second-order valence-corrected chi connectivity index (χ2v) is 8.53. The van der Waals surface area contributed by atoms with E-state index in [9.17, 15) is 9.90 Å². The van der Waals surface area contributed by atoms with Crippen LogP contribution in [-0.2, 0) is 6.42 Å². The van der Waals surface area contributed by atoms with Gasteiger partial charge in [-0.1, -0.05) is 19.9 Å². The number of hydrogen-bond acceptors (Lipinski definition) is 4. The predicted molar refractivity (Wildman–Crippen MR) is 98.6 cm³/mol. The molecule has 2 atom stereocenters. The van der Waals surface area contributed by atoms with Gasteiger partial charge in [-0.25, -0.2) is 9.67 Å². The zero-order valence-corrected chi connectivity index (χ0v) is 15.8. The van der Waals surface area contributed by atoms with Crippen LogP contribution in [0.3, 0.4) is 0 Å². The van der Waals surface area contributed by atoms with Crippen LogP contribution in [0.5, 0.6) is 0 Å². The monoisotopic (exact) mass is 354 g/mol. The highest BCUT2D eigenvalue weighted by Crippen LogP contribution is 2.57. The van der Waals surface area contributed by atoms with Crippen LogP contribution in [0.2, 0.25) is 0 Å². The van der Waals surface area contributed by atoms with Crippen molar-refractivity contribution in [3.05, 3.63) is 40.8 Å². The highest BCUT2D eigenvalue weighted by atomic mass is 16.3. The van der Waals surface area contributed by atoms with Gasteiger partial charge in [0.2, 0.25) is 0 Å². The molecule has 2 N–H and O–H groups in total. The van der Waals surface area contributed by atoms with Crippen LogP contribution in [0.1, 0.15) is 73.3 Å². The van der Waals surface area contributed by atoms with Crippen molar-refractivity contribution in [3.63, 3.8) is 0 Å².